The fraction of sp³-hybridized carbons (Fsp3) is 0.276. The highest BCUT2D eigenvalue weighted by atomic mass is 79.9. The van der Waals surface area contributed by atoms with Gasteiger partial charge < -0.3 is 28.8 Å². The number of aliphatic hydroxyl groups excluding tert-OH is 1. The zero-order valence-corrected chi connectivity index (χ0v) is 22.3. The first-order valence-corrected chi connectivity index (χ1v) is 13.4. The summed E-state index contributed by atoms with van der Waals surface area (Å²) in [6.07, 6.45) is -6.47. The summed E-state index contributed by atoms with van der Waals surface area (Å²) >= 11 is 3.28. The number of ether oxygens (including phenoxy) is 5. The number of esters is 3. The molecule has 0 aromatic heterocycles. The molecule has 9 nitrogen and oxygen atoms in total. The van der Waals surface area contributed by atoms with Crippen molar-refractivity contribution in [2.24, 2.45) is 0 Å². The van der Waals surface area contributed by atoms with Gasteiger partial charge in [0.2, 0.25) is 0 Å². The summed E-state index contributed by atoms with van der Waals surface area (Å²) in [6, 6.07) is 24.6. The molecule has 0 radical (unpaired) electrons. The zero-order chi connectivity index (χ0) is 27.6. The number of carbonyl (C=O) groups is 3. The number of alkyl halides is 1. The van der Waals surface area contributed by atoms with E-state index < -0.39 is 55.2 Å². The van der Waals surface area contributed by atoms with Crippen LogP contribution in [0.25, 0.3) is 0 Å². The Bertz CT molecular complexity index is 1220. The summed E-state index contributed by atoms with van der Waals surface area (Å²) in [7, 11) is 0. The summed E-state index contributed by atoms with van der Waals surface area (Å²) in [5, 5.41) is 10.6. The van der Waals surface area contributed by atoms with E-state index in [0.29, 0.717) is 5.33 Å². The summed E-state index contributed by atoms with van der Waals surface area (Å²) in [5.41, 5.74) is 0.702. The number of hydrogen-bond acceptors (Lipinski definition) is 9. The molecule has 1 aliphatic rings. The molecule has 3 aromatic carbocycles. The molecule has 0 saturated carbocycles. The minimum absolute atomic E-state index is 0.149. The van der Waals surface area contributed by atoms with Gasteiger partial charge in [0.05, 0.1) is 29.9 Å². The van der Waals surface area contributed by atoms with Crippen LogP contribution in [0.15, 0.2) is 91.0 Å². The topological polar surface area (TPSA) is 118 Å². The molecule has 5 atom stereocenters. The summed E-state index contributed by atoms with van der Waals surface area (Å²) in [6.45, 7) is -0.449. The number of hydrogen-bond donors (Lipinski definition) is 1. The zero-order valence-electron chi connectivity index (χ0n) is 20.8. The molecule has 10 heteroatoms. The molecule has 1 N–H and O–H groups in total. The highest BCUT2D eigenvalue weighted by molar-refractivity contribution is 9.09. The van der Waals surface area contributed by atoms with Gasteiger partial charge in [0, 0.05) is 5.33 Å². The molecular formula is C29H27BrO9. The van der Waals surface area contributed by atoms with Crippen molar-refractivity contribution >= 4 is 33.8 Å². The van der Waals surface area contributed by atoms with Crippen LogP contribution < -0.4 is 0 Å². The van der Waals surface area contributed by atoms with E-state index in [1.54, 1.807) is 91.0 Å². The van der Waals surface area contributed by atoms with Crippen LogP contribution in [-0.2, 0) is 23.7 Å². The van der Waals surface area contributed by atoms with Gasteiger partial charge in [0.25, 0.3) is 0 Å². The number of halogens is 1. The predicted molar refractivity (Wildman–Crippen MR) is 142 cm³/mol. The monoisotopic (exact) mass is 598 g/mol. The first-order valence-electron chi connectivity index (χ1n) is 12.2. The predicted octanol–water partition coefficient (Wildman–Crippen LogP) is 3.79. The van der Waals surface area contributed by atoms with Crippen molar-refractivity contribution in [3.63, 3.8) is 0 Å². The van der Waals surface area contributed by atoms with E-state index in [9.17, 15) is 19.5 Å². The third kappa shape index (κ3) is 7.30. The molecule has 4 rings (SSSR count). The van der Waals surface area contributed by atoms with Crippen molar-refractivity contribution in [1.82, 2.24) is 0 Å². The van der Waals surface area contributed by atoms with Crippen molar-refractivity contribution < 1.29 is 43.2 Å². The fourth-order valence-electron chi connectivity index (χ4n) is 4.02. The second kappa shape index (κ2) is 14.0. The smallest absolute Gasteiger partial charge is 0.338 e. The molecular weight excluding hydrogens is 572 g/mol. The molecule has 0 amide bonds. The van der Waals surface area contributed by atoms with Gasteiger partial charge in [-0.15, -0.1) is 0 Å². The van der Waals surface area contributed by atoms with Gasteiger partial charge in [-0.05, 0) is 36.4 Å². The van der Waals surface area contributed by atoms with Gasteiger partial charge in [-0.2, -0.15) is 0 Å². The Morgan fingerprint density at radius 3 is 1.49 bits per heavy atom. The Kier molecular flexibility index (Phi) is 10.2. The maximum atomic E-state index is 13.2. The standard InChI is InChI=1S/C29H27BrO9/c30-16-17-35-29-25(39-28(34)21-14-8-3-9-15-21)24(38-27(33)20-12-6-2-7-13-20)23(22(18-31)36-29)37-26(32)19-10-4-1-5-11-19/h1-15,22-25,29,31H,16-18H2/t22-,23-,24+,25+,29+/m1/s1. The van der Waals surface area contributed by atoms with Crippen molar-refractivity contribution in [1.29, 1.82) is 0 Å². The van der Waals surface area contributed by atoms with E-state index >= 15 is 0 Å². The van der Waals surface area contributed by atoms with Gasteiger partial charge in [-0.1, -0.05) is 70.5 Å². The lowest BCUT2D eigenvalue weighted by atomic mass is 9.97. The Balaban J connectivity index is 1.71. The SMILES string of the molecule is O=C(O[C@@H]1[C@H](OC(=O)c2ccccc2)[C@@H](OCCBr)O[C@H](CO)[C@H]1OC(=O)c1ccccc1)c1ccccc1. The van der Waals surface area contributed by atoms with Crippen LogP contribution in [0.5, 0.6) is 0 Å². The van der Waals surface area contributed by atoms with Crippen molar-refractivity contribution in [3.8, 4) is 0 Å². The van der Waals surface area contributed by atoms with Crippen LogP contribution in [0, 0.1) is 0 Å². The lowest BCUT2D eigenvalue weighted by molar-refractivity contribution is -0.297. The summed E-state index contributed by atoms with van der Waals surface area (Å²) < 4.78 is 29.1. The lowest BCUT2D eigenvalue weighted by Gasteiger charge is -2.44. The van der Waals surface area contributed by atoms with Crippen LogP contribution >= 0.6 is 15.9 Å². The first-order chi connectivity index (χ1) is 19.0. The van der Waals surface area contributed by atoms with Gasteiger partial charge in [0.1, 0.15) is 6.10 Å². The van der Waals surface area contributed by atoms with Gasteiger partial charge in [-0.3, -0.25) is 0 Å². The maximum Gasteiger partial charge on any atom is 0.338 e. The van der Waals surface area contributed by atoms with E-state index in [4.69, 9.17) is 23.7 Å². The van der Waals surface area contributed by atoms with Gasteiger partial charge >= 0.3 is 17.9 Å². The van der Waals surface area contributed by atoms with Crippen molar-refractivity contribution in [2.45, 2.75) is 30.7 Å². The third-order valence-electron chi connectivity index (χ3n) is 5.89. The average molecular weight is 599 g/mol. The van der Waals surface area contributed by atoms with E-state index in [0.717, 1.165) is 0 Å². The molecule has 1 saturated heterocycles. The molecule has 1 aliphatic heterocycles. The second-order valence-corrected chi connectivity index (χ2v) is 9.29. The Hall–Kier alpha value is -3.57. The summed E-state index contributed by atoms with van der Waals surface area (Å²) in [4.78, 5) is 39.3. The number of carbonyl (C=O) groups excluding carboxylic acids is 3. The van der Waals surface area contributed by atoms with Crippen LogP contribution in [0.3, 0.4) is 0 Å². The number of aliphatic hydroxyl groups is 1. The molecule has 3 aromatic rings. The van der Waals surface area contributed by atoms with Crippen LogP contribution in [0.1, 0.15) is 31.1 Å². The lowest BCUT2D eigenvalue weighted by Crippen LogP contribution is -2.63. The number of rotatable bonds is 10. The van der Waals surface area contributed by atoms with E-state index in [2.05, 4.69) is 15.9 Å². The van der Waals surface area contributed by atoms with E-state index in [1.807, 2.05) is 0 Å². The molecule has 1 heterocycles. The Morgan fingerprint density at radius 1 is 0.667 bits per heavy atom. The molecule has 0 spiro atoms. The Labute approximate surface area is 233 Å². The third-order valence-corrected chi connectivity index (χ3v) is 6.21. The molecule has 0 aliphatic carbocycles. The highest BCUT2D eigenvalue weighted by Crippen LogP contribution is 2.31. The molecule has 0 unspecified atom stereocenters. The second-order valence-electron chi connectivity index (χ2n) is 8.49. The first kappa shape index (κ1) is 28.4. The van der Waals surface area contributed by atoms with Crippen LogP contribution in [0.4, 0.5) is 0 Å². The fourth-order valence-corrected chi connectivity index (χ4v) is 4.21. The van der Waals surface area contributed by atoms with Crippen molar-refractivity contribution in [3.05, 3.63) is 108 Å². The minimum atomic E-state index is -1.38. The molecule has 1 fully saturated rings. The van der Waals surface area contributed by atoms with Crippen molar-refractivity contribution in [2.75, 3.05) is 18.5 Å². The Morgan fingerprint density at radius 2 is 1.08 bits per heavy atom. The maximum absolute atomic E-state index is 13.2. The normalized spacial score (nSPS) is 22.5. The molecule has 204 valence electrons. The summed E-state index contributed by atoms with van der Waals surface area (Å²) in [5.74, 6) is -2.22. The quantitative estimate of drug-likeness (QED) is 0.211. The van der Waals surface area contributed by atoms with E-state index in [1.165, 1.54) is 0 Å². The van der Waals surface area contributed by atoms with E-state index in [-0.39, 0.29) is 23.3 Å². The minimum Gasteiger partial charge on any atom is -0.452 e. The molecule has 0 bridgehead atoms. The highest BCUT2D eigenvalue weighted by Gasteiger charge is 2.53. The van der Waals surface area contributed by atoms with Crippen LogP contribution in [-0.4, -0.2) is 72.3 Å². The van der Waals surface area contributed by atoms with Crippen LogP contribution in [0.2, 0.25) is 0 Å². The number of benzene rings is 3. The molecule has 39 heavy (non-hydrogen) atoms. The largest absolute Gasteiger partial charge is 0.452 e. The average Bonchev–Trinajstić information content (AvgIpc) is 2.99. The van der Waals surface area contributed by atoms with Gasteiger partial charge in [-0.25, -0.2) is 14.4 Å². The van der Waals surface area contributed by atoms with Gasteiger partial charge in [0.15, 0.2) is 24.6 Å².